The number of hydrogen-bond donors (Lipinski definition) is 1. The maximum Gasteiger partial charge on any atom is 0.229 e. The molecule has 1 aliphatic rings. The van der Waals surface area contributed by atoms with Crippen molar-refractivity contribution in [2.75, 3.05) is 31.6 Å². The van der Waals surface area contributed by atoms with Crippen LogP contribution in [-0.2, 0) is 27.9 Å². The summed E-state index contributed by atoms with van der Waals surface area (Å²) in [5.74, 6) is 0.564. The van der Waals surface area contributed by atoms with Crippen LogP contribution < -0.4 is 5.32 Å². The average molecular weight is 550 g/mol. The van der Waals surface area contributed by atoms with Crippen LogP contribution in [0.15, 0.2) is 79.3 Å². The van der Waals surface area contributed by atoms with Crippen LogP contribution in [0.2, 0.25) is 0 Å². The zero-order chi connectivity index (χ0) is 28.4. The standard InChI is InChI=1S/C32H35N7O2/c1-32(2,3)28-20-29(39(36-28)26-7-4-6-24(18-26)21-37-14-16-41-17-15-37)35-30(40)19-23-9-11-25(12-10-23)38-22-34-27-8-5-13-33-31(27)38/h4-13,18,20,22H,14-17,19,21H2,1-3H3,(H,35,40). The van der Waals surface area contributed by atoms with Crippen LogP contribution in [0.1, 0.15) is 37.6 Å². The van der Waals surface area contributed by atoms with Gasteiger partial charge >= 0.3 is 0 Å². The van der Waals surface area contributed by atoms with Crippen LogP contribution in [0, 0.1) is 0 Å². The molecule has 0 radical (unpaired) electrons. The van der Waals surface area contributed by atoms with Crippen molar-refractivity contribution in [2.24, 2.45) is 0 Å². The van der Waals surface area contributed by atoms with Crippen LogP contribution >= 0.6 is 0 Å². The number of ether oxygens (including phenoxy) is 1. The first-order valence-electron chi connectivity index (χ1n) is 14.0. The first-order valence-corrected chi connectivity index (χ1v) is 14.0. The van der Waals surface area contributed by atoms with Crippen LogP contribution in [-0.4, -0.2) is 61.4 Å². The quantitative estimate of drug-likeness (QED) is 0.310. The predicted octanol–water partition coefficient (Wildman–Crippen LogP) is 4.92. The summed E-state index contributed by atoms with van der Waals surface area (Å²) in [6, 6.07) is 22.1. The van der Waals surface area contributed by atoms with E-state index >= 15 is 0 Å². The second-order valence-corrected chi connectivity index (χ2v) is 11.5. The highest BCUT2D eigenvalue weighted by Crippen LogP contribution is 2.27. The first-order chi connectivity index (χ1) is 19.8. The lowest BCUT2D eigenvalue weighted by Gasteiger charge is -2.26. The van der Waals surface area contributed by atoms with Gasteiger partial charge in [0.25, 0.3) is 0 Å². The summed E-state index contributed by atoms with van der Waals surface area (Å²) >= 11 is 0. The van der Waals surface area contributed by atoms with E-state index in [1.165, 1.54) is 5.56 Å². The third-order valence-corrected chi connectivity index (χ3v) is 7.30. The van der Waals surface area contributed by atoms with E-state index in [4.69, 9.17) is 9.84 Å². The minimum atomic E-state index is -0.168. The molecule has 41 heavy (non-hydrogen) atoms. The highest BCUT2D eigenvalue weighted by molar-refractivity contribution is 5.92. The Morgan fingerprint density at radius 2 is 1.73 bits per heavy atom. The minimum Gasteiger partial charge on any atom is -0.379 e. The van der Waals surface area contributed by atoms with Gasteiger partial charge in [-0.25, -0.2) is 14.6 Å². The fraction of sp³-hybridized carbons (Fsp3) is 0.312. The summed E-state index contributed by atoms with van der Waals surface area (Å²) < 4.78 is 9.29. The molecule has 1 saturated heterocycles. The third kappa shape index (κ3) is 6.06. The number of carbonyl (C=O) groups is 1. The van der Waals surface area contributed by atoms with Crippen LogP contribution in [0.25, 0.3) is 22.5 Å². The Kier molecular flexibility index (Phi) is 7.38. The number of morpholine rings is 1. The summed E-state index contributed by atoms with van der Waals surface area (Å²) in [5.41, 5.74) is 6.37. The van der Waals surface area contributed by atoms with Gasteiger partial charge in [0, 0.05) is 43.0 Å². The number of rotatable bonds is 7. The van der Waals surface area contributed by atoms with Gasteiger partial charge < -0.3 is 10.1 Å². The van der Waals surface area contributed by atoms with E-state index in [0.29, 0.717) is 5.82 Å². The second-order valence-electron chi connectivity index (χ2n) is 11.5. The van der Waals surface area contributed by atoms with Gasteiger partial charge in [-0.05, 0) is 47.5 Å². The van der Waals surface area contributed by atoms with E-state index in [1.807, 2.05) is 57.8 Å². The number of nitrogens with one attached hydrogen (secondary N) is 1. The molecule has 5 aromatic rings. The molecule has 1 amide bonds. The molecule has 1 aliphatic heterocycles. The molecule has 0 atom stereocenters. The van der Waals surface area contributed by atoms with Gasteiger partial charge in [0.15, 0.2) is 5.65 Å². The number of pyridine rings is 1. The van der Waals surface area contributed by atoms with E-state index in [1.54, 1.807) is 12.5 Å². The summed E-state index contributed by atoms with van der Waals surface area (Å²) in [5, 5.41) is 8.04. The largest absolute Gasteiger partial charge is 0.379 e. The molecule has 0 saturated carbocycles. The number of amides is 1. The van der Waals surface area contributed by atoms with Crippen molar-refractivity contribution in [1.29, 1.82) is 0 Å². The highest BCUT2D eigenvalue weighted by atomic mass is 16.5. The van der Waals surface area contributed by atoms with E-state index in [-0.39, 0.29) is 17.7 Å². The molecule has 4 heterocycles. The first kappa shape index (κ1) is 26.9. The fourth-order valence-electron chi connectivity index (χ4n) is 5.02. The molecular weight excluding hydrogens is 514 g/mol. The number of aromatic nitrogens is 5. The number of imidazole rings is 1. The van der Waals surface area contributed by atoms with Crippen molar-refractivity contribution < 1.29 is 9.53 Å². The lowest BCUT2D eigenvalue weighted by atomic mass is 9.92. The van der Waals surface area contributed by atoms with Crippen molar-refractivity contribution >= 4 is 22.9 Å². The Balaban J connectivity index is 1.20. The predicted molar refractivity (Wildman–Crippen MR) is 160 cm³/mol. The molecule has 9 nitrogen and oxygen atoms in total. The summed E-state index contributed by atoms with van der Waals surface area (Å²) in [7, 11) is 0. The number of anilines is 1. The molecule has 2 aromatic carbocycles. The Bertz CT molecular complexity index is 1660. The zero-order valence-electron chi connectivity index (χ0n) is 23.7. The monoisotopic (exact) mass is 549 g/mol. The number of nitrogens with zero attached hydrogens (tertiary/aromatic N) is 6. The number of benzene rings is 2. The van der Waals surface area contributed by atoms with Gasteiger partial charge in [0.1, 0.15) is 17.7 Å². The van der Waals surface area contributed by atoms with Gasteiger partial charge in [-0.1, -0.05) is 45.0 Å². The highest BCUT2D eigenvalue weighted by Gasteiger charge is 2.22. The minimum absolute atomic E-state index is 0.0985. The molecule has 3 aromatic heterocycles. The molecule has 210 valence electrons. The van der Waals surface area contributed by atoms with E-state index in [0.717, 1.165) is 66.6 Å². The summed E-state index contributed by atoms with van der Waals surface area (Å²) in [4.78, 5) is 24.5. The molecular formula is C32H35N7O2. The lowest BCUT2D eigenvalue weighted by molar-refractivity contribution is -0.115. The SMILES string of the molecule is CC(C)(C)c1cc(NC(=O)Cc2ccc(-n3cnc4cccnc43)cc2)n(-c2cccc(CN3CCOCC3)c2)n1. The van der Waals surface area contributed by atoms with Gasteiger partial charge in [-0.15, -0.1) is 0 Å². The van der Waals surface area contributed by atoms with E-state index in [2.05, 4.69) is 59.2 Å². The van der Waals surface area contributed by atoms with Crippen LogP contribution in [0.4, 0.5) is 5.82 Å². The lowest BCUT2D eigenvalue weighted by Crippen LogP contribution is -2.35. The fourth-order valence-corrected chi connectivity index (χ4v) is 5.02. The van der Waals surface area contributed by atoms with Gasteiger partial charge in [-0.3, -0.25) is 14.3 Å². The van der Waals surface area contributed by atoms with Crippen molar-refractivity contribution in [3.8, 4) is 11.4 Å². The maximum atomic E-state index is 13.2. The van der Waals surface area contributed by atoms with E-state index in [9.17, 15) is 4.79 Å². The Hall–Kier alpha value is -4.34. The summed E-state index contributed by atoms with van der Waals surface area (Å²) in [6.45, 7) is 10.6. The Morgan fingerprint density at radius 1 is 0.927 bits per heavy atom. The Morgan fingerprint density at radius 3 is 2.51 bits per heavy atom. The van der Waals surface area contributed by atoms with Crippen molar-refractivity contribution in [3.63, 3.8) is 0 Å². The number of carbonyl (C=O) groups excluding carboxylic acids is 1. The van der Waals surface area contributed by atoms with Crippen molar-refractivity contribution in [3.05, 3.63) is 96.1 Å². The smallest absolute Gasteiger partial charge is 0.229 e. The van der Waals surface area contributed by atoms with Crippen LogP contribution in [0.5, 0.6) is 0 Å². The van der Waals surface area contributed by atoms with Crippen molar-refractivity contribution in [1.82, 2.24) is 29.2 Å². The zero-order valence-corrected chi connectivity index (χ0v) is 23.7. The van der Waals surface area contributed by atoms with Crippen LogP contribution in [0.3, 0.4) is 0 Å². The molecule has 0 aliphatic carbocycles. The van der Waals surface area contributed by atoms with Crippen molar-refractivity contribution in [2.45, 2.75) is 39.2 Å². The average Bonchev–Trinajstić information content (AvgIpc) is 3.59. The molecule has 6 rings (SSSR count). The molecule has 9 heteroatoms. The third-order valence-electron chi connectivity index (χ3n) is 7.30. The summed E-state index contributed by atoms with van der Waals surface area (Å²) in [6.07, 6.45) is 3.77. The molecule has 1 N–H and O–H groups in total. The normalized spacial score (nSPS) is 14.4. The van der Waals surface area contributed by atoms with E-state index < -0.39 is 0 Å². The topological polar surface area (TPSA) is 90.1 Å². The Labute approximate surface area is 239 Å². The van der Waals surface area contributed by atoms with Gasteiger partial charge in [0.05, 0.1) is 31.0 Å². The van der Waals surface area contributed by atoms with Gasteiger partial charge in [0.2, 0.25) is 5.91 Å². The molecule has 0 spiro atoms. The maximum absolute atomic E-state index is 13.2. The molecule has 0 unspecified atom stereocenters. The van der Waals surface area contributed by atoms with Gasteiger partial charge in [-0.2, -0.15) is 5.10 Å². The number of hydrogen-bond acceptors (Lipinski definition) is 6. The second kappa shape index (κ2) is 11.3. The molecule has 1 fully saturated rings. The number of fused-ring (bicyclic) bond motifs is 1. The molecule has 0 bridgehead atoms.